The molecule has 2 aromatic carbocycles. The SMILES string of the molecule is N=N/N=C(\N)CC1CCCC1Cc1ccc(OCc2ccc3ccccc3n2)cc1. The molecule has 3 N–H and O–H groups in total. The lowest BCUT2D eigenvalue weighted by molar-refractivity contribution is 0.301. The number of para-hydroxylation sites is 1. The van der Waals surface area contributed by atoms with Gasteiger partial charge in [0.05, 0.1) is 11.2 Å². The summed E-state index contributed by atoms with van der Waals surface area (Å²) in [6, 6.07) is 20.6. The molecule has 0 bridgehead atoms. The molecule has 6 heteroatoms. The van der Waals surface area contributed by atoms with Gasteiger partial charge in [-0.3, -0.25) is 0 Å². The molecule has 1 saturated carbocycles. The Hall–Kier alpha value is -3.28. The van der Waals surface area contributed by atoms with Crippen molar-refractivity contribution < 1.29 is 4.74 Å². The van der Waals surface area contributed by atoms with Gasteiger partial charge >= 0.3 is 0 Å². The van der Waals surface area contributed by atoms with Gasteiger partial charge in [0.2, 0.25) is 0 Å². The number of nitrogens with two attached hydrogens (primary N) is 1. The molecule has 1 fully saturated rings. The fraction of sp³-hybridized carbons (Fsp3) is 0.333. The number of amidine groups is 1. The molecule has 6 nitrogen and oxygen atoms in total. The Morgan fingerprint density at radius 3 is 2.67 bits per heavy atom. The third-order valence-corrected chi connectivity index (χ3v) is 5.93. The summed E-state index contributed by atoms with van der Waals surface area (Å²) < 4.78 is 5.94. The predicted molar refractivity (Wildman–Crippen MR) is 118 cm³/mol. The fourth-order valence-electron chi connectivity index (χ4n) is 4.40. The molecule has 1 aliphatic rings. The molecular weight excluding hydrogens is 374 g/mol. The third-order valence-electron chi connectivity index (χ3n) is 5.93. The lowest BCUT2D eigenvalue weighted by Gasteiger charge is -2.19. The van der Waals surface area contributed by atoms with Gasteiger partial charge in [-0.1, -0.05) is 48.0 Å². The summed E-state index contributed by atoms with van der Waals surface area (Å²) in [5.41, 5.74) is 15.9. The zero-order valence-corrected chi connectivity index (χ0v) is 17.0. The summed E-state index contributed by atoms with van der Waals surface area (Å²) in [7, 11) is 0. The maximum Gasteiger partial charge on any atom is 0.130 e. The van der Waals surface area contributed by atoms with Crippen LogP contribution in [0.4, 0.5) is 0 Å². The Balaban J connectivity index is 1.33. The van der Waals surface area contributed by atoms with Crippen LogP contribution in [-0.4, -0.2) is 10.8 Å². The minimum Gasteiger partial charge on any atom is -0.487 e. The van der Waals surface area contributed by atoms with Crippen LogP contribution < -0.4 is 10.5 Å². The molecule has 2 atom stereocenters. The van der Waals surface area contributed by atoms with E-state index in [1.165, 1.54) is 24.8 Å². The number of ether oxygens (including phenoxy) is 1. The maximum absolute atomic E-state index is 6.82. The van der Waals surface area contributed by atoms with Gasteiger partial charge < -0.3 is 10.5 Å². The number of hydrogen-bond acceptors (Lipinski definition) is 4. The molecule has 1 aromatic heterocycles. The summed E-state index contributed by atoms with van der Waals surface area (Å²) in [5, 5.41) is 7.85. The van der Waals surface area contributed by atoms with Crippen LogP contribution >= 0.6 is 0 Å². The predicted octanol–water partition coefficient (Wildman–Crippen LogP) is 5.47. The monoisotopic (exact) mass is 401 g/mol. The van der Waals surface area contributed by atoms with Crippen molar-refractivity contribution in [2.75, 3.05) is 0 Å². The minimum atomic E-state index is 0.453. The number of pyridine rings is 1. The van der Waals surface area contributed by atoms with E-state index in [1.807, 2.05) is 36.4 Å². The molecule has 3 aromatic rings. The third kappa shape index (κ3) is 5.00. The summed E-state index contributed by atoms with van der Waals surface area (Å²) in [4.78, 5) is 4.66. The summed E-state index contributed by atoms with van der Waals surface area (Å²) >= 11 is 0. The molecular formula is C24H27N5O. The quantitative estimate of drug-likeness (QED) is 0.227. The van der Waals surface area contributed by atoms with Crippen molar-refractivity contribution in [2.24, 2.45) is 27.9 Å². The van der Waals surface area contributed by atoms with Crippen LogP contribution in [0, 0.1) is 17.4 Å². The minimum absolute atomic E-state index is 0.453. The van der Waals surface area contributed by atoms with Crippen LogP contribution in [0.1, 0.15) is 36.9 Å². The number of hydrogen-bond donors (Lipinski definition) is 2. The van der Waals surface area contributed by atoms with Crippen LogP contribution in [-0.2, 0) is 13.0 Å². The molecule has 30 heavy (non-hydrogen) atoms. The Kier molecular flexibility index (Phi) is 6.32. The van der Waals surface area contributed by atoms with Crippen LogP contribution in [0.3, 0.4) is 0 Å². The van der Waals surface area contributed by atoms with Crippen LogP contribution in [0.5, 0.6) is 5.75 Å². The second kappa shape index (κ2) is 9.48. The number of rotatable bonds is 8. The molecule has 4 rings (SSSR count). The number of fused-ring (bicyclic) bond motifs is 1. The average molecular weight is 402 g/mol. The van der Waals surface area contributed by atoms with Crippen molar-refractivity contribution in [3.63, 3.8) is 0 Å². The smallest absolute Gasteiger partial charge is 0.130 e. The van der Waals surface area contributed by atoms with Crippen molar-refractivity contribution >= 4 is 16.7 Å². The van der Waals surface area contributed by atoms with Gasteiger partial charge in [0.15, 0.2) is 0 Å². The maximum atomic E-state index is 6.82. The first-order chi connectivity index (χ1) is 14.7. The molecule has 0 amide bonds. The summed E-state index contributed by atoms with van der Waals surface area (Å²) in [5.74, 6) is 2.43. The van der Waals surface area contributed by atoms with Crippen molar-refractivity contribution in [1.82, 2.24) is 4.98 Å². The van der Waals surface area contributed by atoms with E-state index >= 15 is 0 Å². The van der Waals surface area contributed by atoms with Crippen molar-refractivity contribution in [2.45, 2.75) is 38.7 Å². The first-order valence-electron chi connectivity index (χ1n) is 10.5. The lowest BCUT2D eigenvalue weighted by Crippen LogP contribution is -2.20. The highest BCUT2D eigenvalue weighted by Gasteiger charge is 2.28. The second-order valence-corrected chi connectivity index (χ2v) is 7.98. The summed E-state index contributed by atoms with van der Waals surface area (Å²) in [6.45, 7) is 0.453. The number of nitrogens with zero attached hydrogens (tertiary/aromatic N) is 3. The zero-order chi connectivity index (χ0) is 20.8. The van der Waals surface area contributed by atoms with E-state index in [1.54, 1.807) is 0 Å². The largest absolute Gasteiger partial charge is 0.487 e. The zero-order valence-electron chi connectivity index (χ0n) is 17.0. The van der Waals surface area contributed by atoms with Crippen LogP contribution in [0.25, 0.3) is 10.9 Å². The van der Waals surface area contributed by atoms with Gasteiger partial charge in [-0.25, -0.2) is 4.98 Å². The van der Waals surface area contributed by atoms with E-state index in [-0.39, 0.29) is 0 Å². The van der Waals surface area contributed by atoms with Crippen molar-refractivity contribution in [3.05, 3.63) is 71.9 Å². The molecule has 1 aliphatic carbocycles. The Labute approximate surface area is 176 Å². The van der Waals surface area contributed by atoms with E-state index in [9.17, 15) is 0 Å². The first kappa shape index (κ1) is 20.0. The number of aromatic nitrogens is 1. The molecule has 1 heterocycles. The normalized spacial score (nSPS) is 19.1. The van der Waals surface area contributed by atoms with Gasteiger partial charge in [0, 0.05) is 11.8 Å². The van der Waals surface area contributed by atoms with E-state index in [0.717, 1.165) is 35.2 Å². The topological polar surface area (TPSA) is 96.7 Å². The molecule has 0 spiro atoms. The van der Waals surface area contributed by atoms with E-state index in [0.29, 0.717) is 24.3 Å². The van der Waals surface area contributed by atoms with E-state index < -0.39 is 0 Å². The molecule has 0 aliphatic heterocycles. The van der Waals surface area contributed by atoms with E-state index in [4.69, 9.17) is 16.0 Å². The molecule has 0 saturated heterocycles. The van der Waals surface area contributed by atoms with Gasteiger partial charge in [0.1, 0.15) is 18.2 Å². The second-order valence-electron chi connectivity index (χ2n) is 7.98. The van der Waals surface area contributed by atoms with Gasteiger partial charge in [0.25, 0.3) is 0 Å². The Bertz CT molecular complexity index is 1030. The first-order valence-corrected chi connectivity index (χ1v) is 10.5. The Morgan fingerprint density at radius 1 is 1.03 bits per heavy atom. The number of nitrogens with one attached hydrogen (secondary N) is 1. The Morgan fingerprint density at radius 2 is 1.83 bits per heavy atom. The molecule has 154 valence electrons. The molecule has 0 radical (unpaired) electrons. The van der Waals surface area contributed by atoms with Crippen LogP contribution in [0.2, 0.25) is 0 Å². The highest BCUT2D eigenvalue weighted by atomic mass is 16.5. The van der Waals surface area contributed by atoms with E-state index in [2.05, 4.69) is 39.6 Å². The van der Waals surface area contributed by atoms with Gasteiger partial charge in [-0.05, 0) is 60.9 Å². The van der Waals surface area contributed by atoms with Crippen molar-refractivity contribution in [1.29, 1.82) is 5.53 Å². The molecule has 2 unspecified atom stereocenters. The van der Waals surface area contributed by atoms with Crippen LogP contribution in [0.15, 0.2) is 71.0 Å². The highest BCUT2D eigenvalue weighted by molar-refractivity contribution is 5.80. The summed E-state index contributed by atoms with van der Waals surface area (Å²) in [6.07, 6.45) is 5.36. The average Bonchev–Trinajstić information content (AvgIpc) is 3.19. The highest BCUT2D eigenvalue weighted by Crippen LogP contribution is 2.36. The fourth-order valence-corrected chi connectivity index (χ4v) is 4.40. The van der Waals surface area contributed by atoms with Crippen molar-refractivity contribution in [3.8, 4) is 5.75 Å². The van der Waals surface area contributed by atoms with Gasteiger partial charge in [-0.2, -0.15) is 5.53 Å². The standard InChI is InChI=1S/C24H27N5O/c25-24(28-29-26)15-20-6-3-5-19(20)14-17-8-12-22(13-9-17)30-16-21-11-10-18-4-1-2-7-23(18)27-21/h1-2,4,7-13,19-20H,3,5-6,14-16H2,(H3,25,26,28). The number of benzene rings is 2. The van der Waals surface area contributed by atoms with Gasteiger partial charge in [-0.15, -0.1) is 5.10 Å². The lowest BCUT2D eigenvalue weighted by atomic mass is 9.87.